The minimum Gasteiger partial charge on any atom is -0.394 e. The number of nitrogens with one attached hydrogen (secondary N) is 1. The summed E-state index contributed by atoms with van der Waals surface area (Å²) in [6, 6.07) is -0.808. The van der Waals surface area contributed by atoms with Gasteiger partial charge in [0.05, 0.1) is 25.4 Å². The molecule has 1 saturated heterocycles. The number of hydrogen-bond donors (Lipinski definition) is 6. The Morgan fingerprint density at radius 3 is 0.968 bits per heavy atom. The molecule has 1 aliphatic rings. The third-order valence-corrected chi connectivity index (χ3v) is 19.8. The van der Waals surface area contributed by atoms with E-state index < -0.39 is 49.5 Å². The summed E-state index contributed by atoms with van der Waals surface area (Å²) in [7, 11) is 0. The molecule has 0 radical (unpaired) electrons. The third kappa shape index (κ3) is 62.4. The van der Waals surface area contributed by atoms with Crippen molar-refractivity contribution >= 4 is 5.91 Å². The molecule has 1 aliphatic heterocycles. The largest absolute Gasteiger partial charge is 0.394 e. The van der Waals surface area contributed by atoms with Gasteiger partial charge in [0.25, 0.3) is 0 Å². The Kier molecular flexibility index (Phi) is 70.9. The van der Waals surface area contributed by atoms with Crippen molar-refractivity contribution in [2.75, 3.05) is 13.2 Å². The highest BCUT2D eigenvalue weighted by Gasteiger charge is 2.44. The Morgan fingerprint density at radius 2 is 0.653 bits per heavy atom. The van der Waals surface area contributed by atoms with Crippen LogP contribution in [0.2, 0.25) is 0 Å². The highest BCUT2D eigenvalue weighted by Crippen LogP contribution is 2.24. The summed E-state index contributed by atoms with van der Waals surface area (Å²) >= 11 is 0. The molecule has 1 heterocycles. The molecule has 1 fully saturated rings. The van der Waals surface area contributed by atoms with Gasteiger partial charge in [-0.1, -0.05) is 414 Å². The fourth-order valence-corrected chi connectivity index (χ4v) is 13.4. The van der Waals surface area contributed by atoms with E-state index in [-0.39, 0.29) is 12.5 Å². The van der Waals surface area contributed by atoms with Crippen LogP contribution in [-0.2, 0) is 14.3 Å². The number of carbonyl (C=O) groups excluding carboxylic acids is 1. The van der Waals surface area contributed by atoms with Crippen molar-refractivity contribution in [2.24, 2.45) is 0 Å². The van der Waals surface area contributed by atoms with Crippen molar-refractivity contribution in [1.82, 2.24) is 5.32 Å². The van der Waals surface area contributed by atoms with Gasteiger partial charge in [-0.3, -0.25) is 4.79 Å². The van der Waals surface area contributed by atoms with Crippen LogP contribution in [0.1, 0.15) is 412 Å². The fourth-order valence-electron chi connectivity index (χ4n) is 13.4. The van der Waals surface area contributed by atoms with E-state index in [0.717, 1.165) is 70.6 Å². The van der Waals surface area contributed by atoms with Crippen LogP contribution in [0.15, 0.2) is 72.9 Å². The average Bonchev–Trinajstić information content (AvgIpc) is 0.836. The minimum absolute atomic E-state index is 0.169. The molecule has 0 aromatic rings. The highest BCUT2D eigenvalue weighted by atomic mass is 16.7. The van der Waals surface area contributed by atoms with Crippen LogP contribution in [0, 0.1) is 0 Å². The van der Waals surface area contributed by atoms with Gasteiger partial charge in [0.2, 0.25) is 5.91 Å². The SMILES string of the molecule is CC/C=C\C/C=C\C/C=C\C/C=C\C/C=C\CCCCCCCCCCCCCCCCCCCCCCCCCC(=O)NC(COC1OC(CO)C(O)C(O)C1O)C(O)/C=C/CCCCCCCCCCCCCCCCCCCCCCCCCCCCCCCCC. The second kappa shape index (κ2) is 74.3. The minimum atomic E-state index is -1.57. The third-order valence-electron chi connectivity index (χ3n) is 19.8. The molecule has 1 rings (SSSR count). The van der Waals surface area contributed by atoms with Gasteiger partial charge in [-0.15, -0.1) is 0 Å². The maximum absolute atomic E-state index is 13.2. The molecular weight excluding hydrogens is 1170 g/mol. The molecule has 0 bridgehead atoms. The van der Waals surface area contributed by atoms with Crippen LogP contribution in [0.3, 0.4) is 0 Å². The van der Waals surface area contributed by atoms with Crippen LogP contribution >= 0.6 is 0 Å². The maximum Gasteiger partial charge on any atom is 0.220 e. The fraction of sp³-hybridized carbons (Fsp3) is 0.849. The quantitative estimate of drug-likeness (QED) is 0.0261. The number of unbranched alkanes of at least 4 members (excludes halogenated alkanes) is 54. The van der Waals surface area contributed by atoms with Crippen LogP contribution in [-0.4, -0.2) is 87.5 Å². The van der Waals surface area contributed by atoms with Crippen molar-refractivity contribution in [3.05, 3.63) is 72.9 Å². The van der Waals surface area contributed by atoms with Crippen molar-refractivity contribution in [1.29, 1.82) is 0 Å². The summed E-state index contributed by atoms with van der Waals surface area (Å²) in [5, 5.41) is 55.0. The summed E-state index contributed by atoms with van der Waals surface area (Å²) in [6.45, 7) is 3.72. The van der Waals surface area contributed by atoms with Gasteiger partial charge < -0.3 is 40.3 Å². The van der Waals surface area contributed by atoms with Crippen molar-refractivity contribution in [2.45, 2.75) is 455 Å². The molecule has 556 valence electrons. The second-order valence-electron chi connectivity index (χ2n) is 28.9. The van der Waals surface area contributed by atoms with Gasteiger partial charge in [-0.05, 0) is 64.2 Å². The number of aliphatic hydroxyl groups is 5. The second-order valence-corrected chi connectivity index (χ2v) is 28.9. The smallest absolute Gasteiger partial charge is 0.220 e. The van der Waals surface area contributed by atoms with Gasteiger partial charge in [0.1, 0.15) is 24.4 Å². The Morgan fingerprint density at radius 1 is 0.368 bits per heavy atom. The van der Waals surface area contributed by atoms with Gasteiger partial charge in [-0.2, -0.15) is 0 Å². The topological polar surface area (TPSA) is 149 Å². The molecule has 0 aliphatic carbocycles. The highest BCUT2D eigenvalue weighted by molar-refractivity contribution is 5.76. The molecule has 0 aromatic heterocycles. The lowest BCUT2D eigenvalue weighted by atomic mass is 9.99. The van der Waals surface area contributed by atoms with E-state index in [4.69, 9.17) is 9.47 Å². The normalized spacial score (nSPS) is 17.8. The summed E-state index contributed by atoms with van der Waals surface area (Å²) in [6.07, 6.45) is 99.2. The maximum atomic E-state index is 13.2. The molecule has 9 nitrogen and oxygen atoms in total. The first-order valence-corrected chi connectivity index (χ1v) is 41.7. The Balaban J connectivity index is 2.05. The number of ether oxygens (including phenoxy) is 2. The zero-order chi connectivity index (χ0) is 68.5. The molecule has 0 spiro atoms. The van der Waals surface area contributed by atoms with Gasteiger partial charge in [-0.25, -0.2) is 0 Å². The molecule has 7 atom stereocenters. The number of aliphatic hydroxyl groups excluding tert-OH is 5. The lowest BCUT2D eigenvalue weighted by molar-refractivity contribution is -0.302. The van der Waals surface area contributed by atoms with Gasteiger partial charge >= 0.3 is 0 Å². The molecule has 9 heteroatoms. The number of rotatable bonds is 74. The van der Waals surface area contributed by atoms with Crippen molar-refractivity contribution < 1.29 is 39.8 Å². The van der Waals surface area contributed by atoms with Crippen molar-refractivity contribution in [3.8, 4) is 0 Å². The Labute approximate surface area is 589 Å². The molecule has 0 aromatic carbocycles. The average molecular weight is 1340 g/mol. The lowest BCUT2D eigenvalue weighted by Crippen LogP contribution is -2.60. The lowest BCUT2D eigenvalue weighted by Gasteiger charge is -2.40. The zero-order valence-corrected chi connectivity index (χ0v) is 62.7. The number of allylic oxidation sites excluding steroid dienone is 11. The van der Waals surface area contributed by atoms with Crippen LogP contribution in [0.25, 0.3) is 0 Å². The first-order valence-electron chi connectivity index (χ1n) is 41.7. The molecule has 0 saturated carbocycles. The van der Waals surface area contributed by atoms with E-state index in [0.29, 0.717) is 6.42 Å². The van der Waals surface area contributed by atoms with Crippen molar-refractivity contribution in [3.63, 3.8) is 0 Å². The Hall–Kier alpha value is -2.37. The number of hydrogen-bond acceptors (Lipinski definition) is 8. The molecule has 95 heavy (non-hydrogen) atoms. The summed E-state index contributed by atoms with van der Waals surface area (Å²) < 4.78 is 11.4. The number of amides is 1. The summed E-state index contributed by atoms with van der Waals surface area (Å²) in [5.41, 5.74) is 0. The van der Waals surface area contributed by atoms with Crippen LogP contribution in [0.5, 0.6) is 0 Å². The zero-order valence-electron chi connectivity index (χ0n) is 62.7. The molecule has 6 N–H and O–H groups in total. The van der Waals surface area contributed by atoms with Gasteiger partial charge in [0, 0.05) is 6.42 Å². The predicted octanol–water partition coefficient (Wildman–Crippen LogP) is 24.2. The standard InChI is InChI=1S/C86H159NO8/c1-3-5-7-9-11-13-15-17-19-21-23-25-27-29-31-33-35-37-38-39-40-41-42-44-46-48-50-52-54-56-58-60-62-64-66-68-70-72-74-76-82(90)87-79(78-94-86-85(93)84(92)83(91)81(77-88)95-86)80(89)75-73-71-69-67-65-63-61-59-57-55-53-51-49-47-45-43-36-34-32-30-28-26-24-22-20-18-16-14-12-10-8-6-4-2/h5,7,11,13,17,19,23,25,29,31,73,75,79-81,83-86,88-89,91-93H,3-4,6,8-10,12,14-16,18,20-22,24,26-28,30,32-72,74,76-78H2,1-2H3,(H,87,90)/b7-5-,13-11-,19-17-,25-23-,31-29-,75-73+. The monoisotopic (exact) mass is 1330 g/mol. The van der Waals surface area contributed by atoms with E-state index in [1.165, 1.54) is 321 Å². The van der Waals surface area contributed by atoms with E-state index in [9.17, 15) is 30.3 Å². The van der Waals surface area contributed by atoms with E-state index in [1.807, 2.05) is 6.08 Å². The number of carbonyl (C=O) groups is 1. The van der Waals surface area contributed by atoms with E-state index in [1.54, 1.807) is 6.08 Å². The molecule has 1 amide bonds. The van der Waals surface area contributed by atoms with Gasteiger partial charge in [0.15, 0.2) is 6.29 Å². The van der Waals surface area contributed by atoms with Crippen LogP contribution in [0.4, 0.5) is 0 Å². The molecule has 7 unspecified atom stereocenters. The summed E-state index contributed by atoms with van der Waals surface area (Å²) in [4.78, 5) is 13.2. The first kappa shape index (κ1) is 90.6. The van der Waals surface area contributed by atoms with Crippen LogP contribution < -0.4 is 5.32 Å². The van der Waals surface area contributed by atoms with E-state index in [2.05, 4.69) is 79.9 Å². The Bertz CT molecular complexity index is 1740. The van der Waals surface area contributed by atoms with E-state index >= 15 is 0 Å². The molecular formula is C86H159NO8. The predicted molar refractivity (Wildman–Crippen MR) is 410 cm³/mol. The first-order chi connectivity index (χ1) is 46.8. The summed E-state index contributed by atoms with van der Waals surface area (Å²) in [5.74, 6) is -0.169.